The summed E-state index contributed by atoms with van der Waals surface area (Å²) in [5.41, 5.74) is 2.32. The maximum absolute atomic E-state index is 11.8. The van der Waals surface area contributed by atoms with Gasteiger partial charge in [0.25, 0.3) is 0 Å². The molecule has 1 fully saturated rings. The highest BCUT2D eigenvalue weighted by atomic mass is 16.5. The van der Waals surface area contributed by atoms with Gasteiger partial charge in [0.1, 0.15) is 17.8 Å². The molecule has 3 heterocycles. The van der Waals surface area contributed by atoms with E-state index in [2.05, 4.69) is 19.8 Å². The minimum atomic E-state index is -0.338. The number of hydrogen-bond donors (Lipinski definition) is 0. The van der Waals surface area contributed by atoms with Crippen molar-refractivity contribution in [1.29, 1.82) is 0 Å². The zero-order valence-corrected chi connectivity index (χ0v) is 18.5. The Labute approximate surface area is 187 Å². The van der Waals surface area contributed by atoms with Crippen LogP contribution in [0.4, 0.5) is 5.82 Å². The van der Waals surface area contributed by atoms with Crippen LogP contribution in [0.25, 0.3) is 11.5 Å². The maximum Gasteiger partial charge on any atom is 0.339 e. The largest absolute Gasteiger partial charge is 0.497 e. The molecular weight excluding hydrogens is 408 g/mol. The first kappa shape index (κ1) is 21.8. The lowest BCUT2D eigenvalue weighted by Crippen LogP contribution is -2.31. The fraction of sp³-hybridized carbons (Fsp3) is 0.375. The molecule has 0 bridgehead atoms. The fourth-order valence-corrected chi connectivity index (χ4v) is 3.74. The van der Waals surface area contributed by atoms with Crippen LogP contribution in [0.1, 0.15) is 29.4 Å². The van der Waals surface area contributed by atoms with Gasteiger partial charge in [-0.2, -0.15) is 0 Å². The number of carbonyl (C=O) groups excluding carboxylic acids is 1. The molecule has 32 heavy (non-hydrogen) atoms. The van der Waals surface area contributed by atoms with Crippen LogP contribution in [0.3, 0.4) is 0 Å². The fourth-order valence-electron chi connectivity index (χ4n) is 3.74. The van der Waals surface area contributed by atoms with E-state index in [-0.39, 0.29) is 5.97 Å². The molecule has 8 heteroatoms. The number of oxazole rings is 1. The van der Waals surface area contributed by atoms with Crippen molar-refractivity contribution in [2.45, 2.75) is 19.9 Å². The van der Waals surface area contributed by atoms with E-state index in [4.69, 9.17) is 13.9 Å². The van der Waals surface area contributed by atoms with E-state index in [0.717, 1.165) is 62.0 Å². The summed E-state index contributed by atoms with van der Waals surface area (Å²) in [7, 11) is 1.65. The van der Waals surface area contributed by atoms with Gasteiger partial charge in [-0.15, -0.1) is 0 Å². The van der Waals surface area contributed by atoms with Gasteiger partial charge in [-0.25, -0.2) is 14.8 Å². The van der Waals surface area contributed by atoms with Gasteiger partial charge in [0.2, 0.25) is 5.89 Å². The first-order chi connectivity index (χ1) is 15.7. The quantitative estimate of drug-likeness (QED) is 0.520. The molecule has 0 saturated carbocycles. The summed E-state index contributed by atoms with van der Waals surface area (Å²) < 4.78 is 15.9. The topological polar surface area (TPSA) is 80.9 Å². The van der Waals surface area contributed by atoms with Crippen molar-refractivity contribution in [3.05, 3.63) is 60.1 Å². The third kappa shape index (κ3) is 5.26. The lowest BCUT2D eigenvalue weighted by atomic mass is 10.2. The van der Waals surface area contributed by atoms with Gasteiger partial charge in [0, 0.05) is 44.5 Å². The molecule has 2 aromatic heterocycles. The minimum Gasteiger partial charge on any atom is -0.497 e. The molecule has 1 saturated heterocycles. The van der Waals surface area contributed by atoms with E-state index < -0.39 is 0 Å². The molecule has 0 radical (unpaired) electrons. The van der Waals surface area contributed by atoms with Gasteiger partial charge in [0.05, 0.1) is 25.0 Å². The molecule has 1 aliphatic rings. The zero-order valence-electron chi connectivity index (χ0n) is 18.5. The van der Waals surface area contributed by atoms with Crippen LogP contribution in [0.5, 0.6) is 5.75 Å². The highest BCUT2D eigenvalue weighted by Crippen LogP contribution is 2.23. The summed E-state index contributed by atoms with van der Waals surface area (Å²) in [5.74, 6) is 1.96. The van der Waals surface area contributed by atoms with Gasteiger partial charge in [0.15, 0.2) is 0 Å². The van der Waals surface area contributed by atoms with E-state index >= 15 is 0 Å². The number of methoxy groups -OCH3 is 1. The van der Waals surface area contributed by atoms with E-state index in [1.165, 1.54) is 0 Å². The number of carbonyl (C=O) groups is 1. The summed E-state index contributed by atoms with van der Waals surface area (Å²) in [4.78, 5) is 25.6. The van der Waals surface area contributed by atoms with Crippen molar-refractivity contribution in [2.75, 3.05) is 44.8 Å². The van der Waals surface area contributed by atoms with Gasteiger partial charge in [-0.3, -0.25) is 4.90 Å². The average Bonchev–Trinajstić information content (AvgIpc) is 3.17. The molecule has 0 N–H and O–H groups in total. The lowest BCUT2D eigenvalue weighted by Gasteiger charge is -2.22. The third-order valence-corrected chi connectivity index (χ3v) is 5.45. The number of pyridine rings is 1. The van der Waals surface area contributed by atoms with E-state index in [9.17, 15) is 4.79 Å². The summed E-state index contributed by atoms with van der Waals surface area (Å²) in [5, 5.41) is 0. The monoisotopic (exact) mass is 436 g/mol. The van der Waals surface area contributed by atoms with Crippen molar-refractivity contribution in [2.24, 2.45) is 0 Å². The molecule has 0 aliphatic carbocycles. The van der Waals surface area contributed by atoms with Crippen molar-refractivity contribution < 1.29 is 18.7 Å². The molecule has 0 spiro atoms. The van der Waals surface area contributed by atoms with Crippen molar-refractivity contribution in [3.8, 4) is 17.2 Å². The van der Waals surface area contributed by atoms with Crippen LogP contribution in [-0.4, -0.2) is 60.7 Å². The van der Waals surface area contributed by atoms with Crippen LogP contribution >= 0.6 is 0 Å². The Morgan fingerprint density at radius 2 is 1.94 bits per heavy atom. The number of nitrogens with zero attached hydrogens (tertiary/aromatic N) is 4. The van der Waals surface area contributed by atoms with E-state index in [1.54, 1.807) is 32.6 Å². The summed E-state index contributed by atoms with van der Waals surface area (Å²) >= 11 is 0. The summed E-state index contributed by atoms with van der Waals surface area (Å²) in [6, 6.07) is 11.3. The predicted octanol–water partition coefficient (Wildman–Crippen LogP) is 3.63. The molecule has 8 nitrogen and oxygen atoms in total. The third-order valence-electron chi connectivity index (χ3n) is 5.45. The Balaban J connectivity index is 1.33. The second-order valence-electron chi connectivity index (χ2n) is 7.61. The number of esters is 1. The molecule has 4 rings (SSSR count). The van der Waals surface area contributed by atoms with Crippen LogP contribution in [0.15, 0.2) is 53.3 Å². The average molecular weight is 437 g/mol. The van der Waals surface area contributed by atoms with Crippen LogP contribution in [0.2, 0.25) is 0 Å². The molecule has 1 aromatic carbocycles. The number of benzene rings is 1. The Kier molecular flexibility index (Phi) is 7.01. The summed E-state index contributed by atoms with van der Waals surface area (Å²) in [6.07, 6.45) is 4.34. The lowest BCUT2D eigenvalue weighted by molar-refractivity contribution is 0.0526. The second-order valence-corrected chi connectivity index (χ2v) is 7.61. The molecule has 168 valence electrons. The Hall–Kier alpha value is -3.39. The number of rotatable bonds is 7. The first-order valence-corrected chi connectivity index (χ1v) is 10.9. The number of hydrogen-bond acceptors (Lipinski definition) is 8. The zero-order chi connectivity index (χ0) is 22.3. The highest BCUT2D eigenvalue weighted by molar-refractivity contribution is 5.89. The molecule has 0 amide bonds. The Morgan fingerprint density at radius 1 is 1.09 bits per heavy atom. The normalized spacial score (nSPS) is 14.8. The molecule has 3 aromatic rings. The van der Waals surface area contributed by atoms with Crippen molar-refractivity contribution >= 4 is 11.8 Å². The maximum atomic E-state index is 11.8. The Morgan fingerprint density at radius 3 is 2.66 bits per heavy atom. The van der Waals surface area contributed by atoms with Gasteiger partial charge in [-0.05, 0) is 49.7 Å². The SMILES string of the molecule is CCOC(=O)c1ccc(N2CCCN(Cc3coc(-c4ccc(OC)cc4)n3)CC2)nc1. The second kappa shape index (κ2) is 10.3. The molecular formula is C24H28N4O4. The van der Waals surface area contributed by atoms with E-state index in [0.29, 0.717) is 18.1 Å². The molecule has 0 unspecified atom stereocenters. The van der Waals surface area contributed by atoms with Crippen molar-refractivity contribution in [3.63, 3.8) is 0 Å². The summed E-state index contributed by atoms with van der Waals surface area (Å²) in [6.45, 7) is 6.53. The number of ether oxygens (including phenoxy) is 2. The minimum absolute atomic E-state index is 0.338. The van der Waals surface area contributed by atoms with Gasteiger partial charge in [-0.1, -0.05) is 0 Å². The standard InChI is InChI=1S/C24H28N4O4/c1-3-31-24(29)19-7-10-22(25-15-19)28-12-4-11-27(13-14-28)16-20-17-32-23(26-20)18-5-8-21(30-2)9-6-18/h5-10,15,17H,3-4,11-14,16H2,1-2H3. The number of aromatic nitrogens is 2. The van der Waals surface area contributed by atoms with Crippen molar-refractivity contribution in [1.82, 2.24) is 14.9 Å². The smallest absolute Gasteiger partial charge is 0.339 e. The van der Waals surface area contributed by atoms with Gasteiger partial charge >= 0.3 is 5.97 Å². The highest BCUT2D eigenvalue weighted by Gasteiger charge is 2.18. The Bertz CT molecular complexity index is 1020. The predicted molar refractivity (Wildman–Crippen MR) is 121 cm³/mol. The van der Waals surface area contributed by atoms with E-state index in [1.807, 2.05) is 30.3 Å². The first-order valence-electron chi connectivity index (χ1n) is 10.9. The number of anilines is 1. The molecule has 1 aliphatic heterocycles. The molecule has 0 atom stereocenters. The van der Waals surface area contributed by atoms with Crippen LogP contribution < -0.4 is 9.64 Å². The van der Waals surface area contributed by atoms with Crippen LogP contribution in [0, 0.1) is 0 Å². The van der Waals surface area contributed by atoms with Gasteiger partial charge < -0.3 is 18.8 Å². The van der Waals surface area contributed by atoms with Crippen LogP contribution in [-0.2, 0) is 11.3 Å².